The first-order valence-corrected chi connectivity index (χ1v) is 10.5. The fourth-order valence-electron chi connectivity index (χ4n) is 2.63. The number of hydrogen-bond acceptors (Lipinski definition) is 5. The van der Waals surface area contributed by atoms with E-state index >= 15 is 0 Å². The van der Waals surface area contributed by atoms with Crippen LogP contribution in [-0.2, 0) is 15.6 Å². The van der Waals surface area contributed by atoms with Crippen molar-refractivity contribution in [1.82, 2.24) is 5.32 Å². The Morgan fingerprint density at radius 2 is 1.64 bits per heavy atom. The van der Waals surface area contributed by atoms with E-state index in [2.05, 4.69) is 5.32 Å². The van der Waals surface area contributed by atoms with Gasteiger partial charge < -0.3 is 14.5 Å². The van der Waals surface area contributed by atoms with Crippen molar-refractivity contribution < 1.29 is 22.4 Å². The van der Waals surface area contributed by atoms with E-state index in [4.69, 9.17) is 9.15 Å². The van der Waals surface area contributed by atoms with Crippen molar-refractivity contribution in [2.75, 3.05) is 13.2 Å². The standard InChI is InChI=1S/C21H21NO5S/c23-21(22-13-7-14-26-18-8-3-1-4-9-18)20-17(12-15-27-20)16-28(24,25)19-10-5-2-6-11-19/h1-6,8-12,15H,7,13-14,16H2,(H,22,23). The van der Waals surface area contributed by atoms with Crippen molar-refractivity contribution >= 4 is 15.7 Å². The van der Waals surface area contributed by atoms with E-state index in [1.807, 2.05) is 30.3 Å². The Labute approximate surface area is 164 Å². The van der Waals surface area contributed by atoms with Gasteiger partial charge >= 0.3 is 0 Å². The highest BCUT2D eigenvalue weighted by Crippen LogP contribution is 2.20. The summed E-state index contributed by atoms with van der Waals surface area (Å²) in [6.07, 6.45) is 1.93. The van der Waals surface area contributed by atoms with Gasteiger partial charge in [-0.2, -0.15) is 0 Å². The van der Waals surface area contributed by atoms with E-state index in [0.717, 1.165) is 5.75 Å². The summed E-state index contributed by atoms with van der Waals surface area (Å²) in [7, 11) is -3.56. The van der Waals surface area contributed by atoms with E-state index < -0.39 is 15.7 Å². The molecule has 0 aliphatic heterocycles. The maximum Gasteiger partial charge on any atom is 0.287 e. The second-order valence-corrected chi connectivity index (χ2v) is 8.11. The van der Waals surface area contributed by atoms with Gasteiger partial charge in [0.2, 0.25) is 0 Å². The molecule has 0 saturated carbocycles. The van der Waals surface area contributed by atoms with Crippen LogP contribution in [0.2, 0.25) is 0 Å². The number of ether oxygens (including phenoxy) is 1. The molecule has 0 radical (unpaired) electrons. The number of para-hydroxylation sites is 1. The molecule has 0 bridgehead atoms. The molecule has 0 fully saturated rings. The molecule has 3 aromatic rings. The third-order valence-electron chi connectivity index (χ3n) is 4.02. The lowest BCUT2D eigenvalue weighted by Crippen LogP contribution is -2.26. The molecule has 6 nitrogen and oxygen atoms in total. The summed E-state index contributed by atoms with van der Waals surface area (Å²) >= 11 is 0. The van der Waals surface area contributed by atoms with E-state index in [1.54, 1.807) is 18.2 Å². The smallest absolute Gasteiger partial charge is 0.287 e. The maximum absolute atomic E-state index is 12.5. The van der Waals surface area contributed by atoms with Crippen LogP contribution in [0.25, 0.3) is 0 Å². The zero-order chi connectivity index (χ0) is 19.8. The summed E-state index contributed by atoms with van der Waals surface area (Å²) in [5.74, 6) is 0.0487. The van der Waals surface area contributed by atoms with Gasteiger partial charge in [0.1, 0.15) is 5.75 Å². The van der Waals surface area contributed by atoms with Crippen LogP contribution in [-0.4, -0.2) is 27.5 Å². The number of carbonyl (C=O) groups excluding carboxylic acids is 1. The number of sulfone groups is 1. The first-order chi connectivity index (χ1) is 13.6. The average molecular weight is 399 g/mol. The summed E-state index contributed by atoms with van der Waals surface area (Å²) in [5, 5.41) is 2.73. The molecule has 1 amide bonds. The number of carbonyl (C=O) groups is 1. The number of hydrogen-bond donors (Lipinski definition) is 1. The minimum absolute atomic E-state index is 0.0171. The molecule has 146 valence electrons. The lowest BCUT2D eigenvalue weighted by Gasteiger charge is -2.08. The SMILES string of the molecule is O=C(NCCCOc1ccccc1)c1occc1CS(=O)(=O)c1ccccc1. The monoisotopic (exact) mass is 399 g/mol. The number of furan rings is 1. The third kappa shape index (κ3) is 5.23. The van der Waals surface area contributed by atoms with Crippen LogP contribution in [0.1, 0.15) is 22.5 Å². The maximum atomic E-state index is 12.5. The van der Waals surface area contributed by atoms with Gasteiger partial charge in [-0.25, -0.2) is 8.42 Å². The minimum Gasteiger partial charge on any atom is -0.494 e. The predicted octanol–water partition coefficient (Wildman–Crippen LogP) is 3.45. The Morgan fingerprint density at radius 1 is 0.964 bits per heavy atom. The molecule has 1 heterocycles. The van der Waals surface area contributed by atoms with Crippen LogP contribution in [0.3, 0.4) is 0 Å². The third-order valence-corrected chi connectivity index (χ3v) is 5.70. The molecule has 0 aliphatic rings. The van der Waals surface area contributed by atoms with Crippen LogP contribution in [0, 0.1) is 0 Å². The molecule has 0 atom stereocenters. The Bertz CT molecular complexity index is 998. The fraction of sp³-hybridized carbons (Fsp3) is 0.190. The van der Waals surface area contributed by atoms with Gasteiger partial charge in [0, 0.05) is 12.1 Å². The van der Waals surface area contributed by atoms with Gasteiger partial charge in [-0.3, -0.25) is 4.79 Å². The number of benzene rings is 2. The second-order valence-electron chi connectivity index (χ2n) is 6.12. The zero-order valence-electron chi connectivity index (χ0n) is 15.2. The van der Waals surface area contributed by atoms with Gasteiger partial charge in [0.25, 0.3) is 5.91 Å². The molecule has 2 aromatic carbocycles. The molecule has 3 rings (SSSR count). The van der Waals surface area contributed by atoms with Crippen LogP contribution in [0.4, 0.5) is 0 Å². The van der Waals surface area contributed by atoms with Crippen molar-refractivity contribution in [3.8, 4) is 5.75 Å². The molecular weight excluding hydrogens is 378 g/mol. The molecule has 0 unspecified atom stereocenters. The van der Waals surface area contributed by atoms with Crippen molar-refractivity contribution in [2.45, 2.75) is 17.1 Å². The quantitative estimate of drug-likeness (QED) is 0.557. The van der Waals surface area contributed by atoms with Gasteiger partial charge in [0.05, 0.1) is 23.5 Å². The summed E-state index contributed by atoms with van der Waals surface area (Å²) in [6, 6.07) is 19.0. The summed E-state index contributed by atoms with van der Waals surface area (Å²) in [6.45, 7) is 0.842. The van der Waals surface area contributed by atoms with Crippen LogP contribution >= 0.6 is 0 Å². The average Bonchev–Trinajstić information content (AvgIpc) is 3.16. The van der Waals surface area contributed by atoms with Gasteiger partial charge in [-0.15, -0.1) is 0 Å². The molecule has 0 saturated heterocycles. The van der Waals surface area contributed by atoms with E-state index in [0.29, 0.717) is 25.1 Å². The number of rotatable bonds is 9. The Hall–Kier alpha value is -3.06. The van der Waals surface area contributed by atoms with E-state index in [9.17, 15) is 13.2 Å². The van der Waals surface area contributed by atoms with Crippen molar-refractivity contribution in [3.05, 3.63) is 84.3 Å². The van der Waals surface area contributed by atoms with Gasteiger partial charge in [-0.1, -0.05) is 36.4 Å². The fourth-order valence-corrected chi connectivity index (χ4v) is 4.00. The second kappa shape index (κ2) is 9.23. The Morgan fingerprint density at radius 3 is 2.36 bits per heavy atom. The summed E-state index contributed by atoms with van der Waals surface area (Å²) < 4.78 is 35.8. The normalized spacial score (nSPS) is 11.1. The molecular formula is C21H21NO5S. The highest BCUT2D eigenvalue weighted by molar-refractivity contribution is 7.90. The van der Waals surface area contributed by atoms with E-state index in [-0.39, 0.29) is 16.4 Å². The highest BCUT2D eigenvalue weighted by Gasteiger charge is 2.22. The van der Waals surface area contributed by atoms with Gasteiger partial charge in [0.15, 0.2) is 15.6 Å². The summed E-state index contributed by atoms with van der Waals surface area (Å²) in [5.41, 5.74) is 0.335. The van der Waals surface area contributed by atoms with Gasteiger partial charge in [-0.05, 0) is 36.8 Å². The van der Waals surface area contributed by atoms with Crippen molar-refractivity contribution in [3.63, 3.8) is 0 Å². The van der Waals surface area contributed by atoms with Crippen LogP contribution in [0.5, 0.6) is 5.75 Å². The molecule has 28 heavy (non-hydrogen) atoms. The number of nitrogens with one attached hydrogen (secondary N) is 1. The molecule has 0 aliphatic carbocycles. The molecule has 7 heteroatoms. The Kier molecular flexibility index (Phi) is 6.49. The Balaban J connectivity index is 1.52. The van der Waals surface area contributed by atoms with Crippen molar-refractivity contribution in [1.29, 1.82) is 0 Å². The predicted molar refractivity (Wildman–Crippen MR) is 105 cm³/mol. The lowest BCUT2D eigenvalue weighted by atomic mass is 10.2. The van der Waals surface area contributed by atoms with Crippen LogP contribution < -0.4 is 10.1 Å². The van der Waals surface area contributed by atoms with Crippen molar-refractivity contribution in [2.24, 2.45) is 0 Å². The van der Waals surface area contributed by atoms with Crippen LogP contribution in [0.15, 0.2) is 82.3 Å². The zero-order valence-corrected chi connectivity index (χ0v) is 16.0. The topological polar surface area (TPSA) is 85.6 Å². The largest absolute Gasteiger partial charge is 0.494 e. The highest BCUT2D eigenvalue weighted by atomic mass is 32.2. The molecule has 1 aromatic heterocycles. The first-order valence-electron chi connectivity index (χ1n) is 8.86. The number of amides is 1. The molecule has 1 N–H and O–H groups in total. The minimum atomic E-state index is -3.56. The van der Waals surface area contributed by atoms with E-state index in [1.165, 1.54) is 24.5 Å². The lowest BCUT2D eigenvalue weighted by molar-refractivity contribution is 0.0923. The summed E-state index contributed by atoms with van der Waals surface area (Å²) in [4.78, 5) is 12.6. The molecule has 0 spiro atoms. The first kappa shape index (κ1) is 19.7.